The van der Waals surface area contributed by atoms with Crippen LogP contribution in [0.4, 0.5) is 0 Å². The van der Waals surface area contributed by atoms with Crippen molar-refractivity contribution in [2.24, 2.45) is 5.92 Å². The molecule has 1 N–H and O–H groups in total. The molecule has 1 aliphatic carbocycles. The molecule has 0 aromatic carbocycles. The zero-order valence-electron chi connectivity index (χ0n) is 6.30. The minimum atomic E-state index is -3.83. The second-order valence-corrected chi connectivity index (χ2v) is 4.53. The Hall–Kier alpha value is -0.310. The van der Waals surface area contributed by atoms with Gasteiger partial charge < -0.3 is 0 Å². The third-order valence-corrected chi connectivity index (χ3v) is 3.22. The second-order valence-electron chi connectivity index (χ2n) is 2.84. The highest BCUT2D eigenvalue weighted by atomic mass is 35.5. The van der Waals surface area contributed by atoms with Gasteiger partial charge in [-0.1, -0.05) is 0 Å². The van der Waals surface area contributed by atoms with Crippen molar-refractivity contribution in [1.29, 1.82) is 5.26 Å². The molecule has 0 bridgehead atoms. The van der Waals surface area contributed by atoms with Crippen molar-refractivity contribution in [1.82, 2.24) is 0 Å². The Morgan fingerprint density at radius 2 is 2.00 bits per heavy atom. The average Bonchev–Trinajstić information content (AvgIpc) is 1.74. The maximum absolute atomic E-state index is 10.4. The highest BCUT2D eigenvalue weighted by Gasteiger charge is 2.37. The van der Waals surface area contributed by atoms with E-state index in [2.05, 4.69) is 0 Å². The molecular weight excluding hydrogens is 202 g/mol. The summed E-state index contributed by atoms with van der Waals surface area (Å²) in [6.45, 7) is 0. The van der Waals surface area contributed by atoms with Crippen molar-refractivity contribution in [2.75, 3.05) is 0 Å². The molecule has 0 spiro atoms. The van der Waals surface area contributed by atoms with Crippen molar-refractivity contribution in [3.63, 3.8) is 0 Å². The smallest absolute Gasteiger partial charge is 0.267 e. The van der Waals surface area contributed by atoms with Crippen LogP contribution >= 0.6 is 12.4 Å². The Morgan fingerprint density at radius 1 is 1.50 bits per heavy atom. The highest BCUT2D eigenvalue weighted by Crippen LogP contribution is 2.34. The maximum atomic E-state index is 10.4. The van der Waals surface area contributed by atoms with E-state index in [1.165, 1.54) is 0 Å². The van der Waals surface area contributed by atoms with Gasteiger partial charge in [-0.2, -0.15) is 13.7 Å². The molecule has 0 aliphatic heterocycles. The summed E-state index contributed by atoms with van der Waals surface area (Å²) in [7, 11) is -3.83. The summed E-state index contributed by atoms with van der Waals surface area (Å²) >= 11 is 0. The summed E-state index contributed by atoms with van der Waals surface area (Å²) < 4.78 is 29.4. The first kappa shape index (κ1) is 11.7. The van der Waals surface area contributed by atoms with Gasteiger partial charge in [-0.3, -0.25) is 4.55 Å². The monoisotopic (exact) mass is 211 g/mol. The molecule has 0 heterocycles. The van der Waals surface area contributed by atoms with Crippen molar-refractivity contribution >= 4 is 22.5 Å². The summed E-state index contributed by atoms with van der Waals surface area (Å²) in [5, 5.41) is 7.62. The summed E-state index contributed by atoms with van der Waals surface area (Å²) in [6.07, 6.45) is 1.27. The molecular formula is C6H10ClNO3S. The Morgan fingerprint density at radius 3 is 2.33 bits per heavy atom. The number of rotatable bonds is 2. The minimum absolute atomic E-state index is 0. The first-order valence-corrected chi connectivity index (χ1v) is 4.87. The van der Waals surface area contributed by atoms with Gasteiger partial charge in [0, 0.05) is 6.42 Å². The predicted molar refractivity (Wildman–Crippen MR) is 45.5 cm³/mol. The quantitative estimate of drug-likeness (QED) is 0.691. The van der Waals surface area contributed by atoms with E-state index >= 15 is 0 Å². The lowest BCUT2D eigenvalue weighted by atomic mass is 9.83. The van der Waals surface area contributed by atoms with Crippen LogP contribution in [0.3, 0.4) is 0 Å². The SMILES string of the molecule is Cl.N#CCC1CC(S(=O)(=O)O)C1. The zero-order valence-corrected chi connectivity index (χ0v) is 7.94. The summed E-state index contributed by atoms with van der Waals surface area (Å²) in [5.41, 5.74) is 0. The van der Waals surface area contributed by atoms with Crippen LogP contribution in [-0.2, 0) is 10.1 Å². The molecule has 0 amide bonds. The molecule has 6 heteroatoms. The van der Waals surface area contributed by atoms with Gasteiger partial charge in [-0.15, -0.1) is 12.4 Å². The largest absolute Gasteiger partial charge is 0.285 e. The fraction of sp³-hybridized carbons (Fsp3) is 0.833. The van der Waals surface area contributed by atoms with Crippen LogP contribution in [0.2, 0.25) is 0 Å². The molecule has 0 aromatic rings. The Kier molecular flexibility index (Phi) is 3.97. The molecule has 1 fully saturated rings. The predicted octanol–water partition coefficient (Wildman–Crippen LogP) is 0.988. The minimum Gasteiger partial charge on any atom is -0.285 e. The van der Waals surface area contributed by atoms with Crippen molar-refractivity contribution < 1.29 is 13.0 Å². The van der Waals surface area contributed by atoms with E-state index in [4.69, 9.17) is 9.81 Å². The van der Waals surface area contributed by atoms with Crippen LogP contribution in [0.15, 0.2) is 0 Å². The first-order valence-electron chi connectivity index (χ1n) is 3.37. The molecule has 12 heavy (non-hydrogen) atoms. The van der Waals surface area contributed by atoms with E-state index in [-0.39, 0.29) is 18.3 Å². The third kappa shape index (κ3) is 2.63. The van der Waals surface area contributed by atoms with Gasteiger partial charge in [0.05, 0.1) is 11.3 Å². The van der Waals surface area contributed by atoms with E-state index in [0.717, 1.165) is 0 Å². The Labute approximate surface area is 77.7 Å². The lowest BCUT2D eigenvalue weighted by molar-refractivity contribution is 0.304. The second kappa shape index (κ2) is 4.08. The molecule has 0 aromatic heterocycles. The summed E-state index contributed by atoms with van der Waals surface area (Å²) in [6, 6.07) is 1.97. The topological polar surface area (TPSA) is 78.2 Å². The lowest BCUT2D eigenvalue weighted by Crippen LogP contribution is -2.35. The normalized spacial score (nSPS) is 28.0. The van der Waals surface area contributed by atoms with Crippen molar-refractivity contribution in [2.45, 2.75) is 24.5 Å². The van der Waals surface area contributed by atoms with Crippen LogP contribution in [0.25, 0.3) is 0 Å². The molecule has 0 saturated heterocycles. The zero-order chi connectivity index (χ0) is 8.48. The molecule has 0 atom stereocenters. The van der Waals surface area contributed by atoms with E-state index in [1.54, 1.807) is 0 Å². The van der Waals surface area contributed by atoms with Crippen molar-refractivity contribution in [3.8, 4) is 6.07 Å². The highest BCUT2D eigenvalue weighted by molar-refractivity contribution is 7.86. The Bertz CT molecular complexity index is 276. The van der Waals surface area contributed by atoms with Gasteiger partial charge in [-0.25, -0.2) is 0 Å². The molecule has 1 saturated carbocycles. The van der Waals surface area contributed by atoms with Gasteiger partial charge in [0.25, 0.3) is 10.1 Å². The fourth-order valence-corrected chi connectivity index (χ4v) is 2.24. The standard InChI is InChI=1S/C6H9NO3S.ClH/c7-2-1-5-3-6(4-5)11(8,9)10;/h5-6H,1,3-4H2,(H,8,9,10);1H. The summed E-state index contributed by atoms with van der Waals surface area (Å²) in [5.74, 6) is 0.173. The number of nitrogens with zero attached hydrogens (tertiary/aromatic N) is 1. The van der Waals surface area contributed by atoms with Crippen molar-refractivity contribution in [3.05, 3.63) is 0 Å². The molecule has 0 unspecified atom stereocenters. The Balaban J connectivity index is 0.00000121. The van der Waals surface area contributed by atoms with E-state index in [9.17, 15) is 8.42 Å². The third-order valence-electron chi connectivity index (χ3n) is 1.99. The molecule has 1 aliphatic rings. The van der Waals surface area contributed by atoms with Gasteiger partial charge in [-0.05, 0) is 18.8 Å². The van der Waals surface area contributed by atoms with Crippen LogP contribution in [-0.4, -0.2) is 18.2 Å². The van der Waals surface area contributed by atoms with Gasteiger partial charge in [0.2, 0.25) is 0 Å². The molecule has 70 valence electrons. The van der Waals surface area contributed by atoms with Gasteiger partial charge in [0.15, 0.2) is 0 Å². The molecule has 0 radical (unpaired) electrons. The van der Waals surface area contributed by atoms with E-state index < -0.39 is 15.4 Å². The summed E-state index contributed by atoms with van der Waals surface area (Å²) in [4.78, 5) is 0. The van der Waals surface area contributed by atoms with Crippen LogP contribution in [0.1, 0.15) is 19.3 Å². The van der Waals surface area contributed by atoms with Crippen LogP contribution < -0.4 is 0 Å². The fourth-order valence-electron chi connectivity index (χ4n) is 1.21. The van der Waals surface area contributed by atoms with Crippen LogP contribution in [0, 0.1) is 17.2 Å². The van der Waals surface area contributed by atoms with Gasteiger partial charge >= 0.3 is 0 Å². The molecule has 1 rings (SSSR count). The number of nitriles is 1. The number of halogens is 1. The first-order chi connectivity index (χ1) is 5.04. The lowest BCUT2D eigenvalue weighted by Gasteiger charge is -2.30. The van der Waals surface area contributed by atoms with E-state index in [0.29, 0.717) is 19.3 Å². The maximum Gasteiger partial charge on any atom is 0.267 e. The molecule has 4 nitrogen and oxygen atoms in total. The van der Waals surface area contributed by atoms with E-state index in [1.807, 2.05) is 6.07 Å². The van der Waals surface area contributed by atoms with Crippen LogP contribution in [0.5, 0.6) is 0 Å². The number of hydrogen-bond acceptors (Lipinski definition) is 3. The number of hydrogen-bond donors (Lipinski definition) is 1. The van der Waals surface area contributed by atoms with Gasteiger partial charge in [0.1, 0.15) is 0 Å². The average molecular weight is 212 g/mol.